The maximum absolute atomic E-state index is 13.3. The van der Waals surface area contributed by atoms with E-state index in [0.29, 0.717) is 5.56 Å². The number of rotatable bonds is 4. The molecular formula is C16H17BrF2N2. The molecular weight excluding hydrogens is 338 g/mol. The Balaban J connectivity index is 2.30. The first kappa shape index (κ1) is 15.8. The van der Waals surface area contributed by atoms with Crippen LogP contribution in [0.3, 0.4) is 0 Å². The lowest BCUT2D eigenvalue weighted by atomic mass is 10.1. The normalized spacial score (nSPS) is 12.1. The Morgan fingerprint density at radius 1 is 1.05 bits per heavy atom. The van der Waals surface area contributed by atoms with Crippen LogP contribution in [0.25, 0.3) is 0 Å². The quantitative estimate of drug-likeness (QED) is 0.833. The van der Waals surface area contributed by atoms with E-state index < -0.39 is 11.6 Å². The zero-order chi connectivity index (χ0) is 15.6. The van der Waals surface area contributed by atoms with Gasteiger partial charge in [0.05, 0.1) is 11.4 Å². The summed E-state index contributed by atoms with van der Waals surface area (Å²) in [7, 11) is 3.89. The van der Waals surface area contributed by atoms with E-state index in [4.69, 9.17) is 0 Å². The average Bonchev–Trinajstić information content (AvgIpc) is 2.37. The van der Waals surface area contributed by atoms with E-state index in [2.05, 4.69) is 21.2 Å². The van der Waals surface area contributed by atoms with Crippen molar-refractivity contribution in [1.29, 1.82) is 0 Å². The molecule has 0 fully saturated rings. The van der Waals surface area contributed by atoms with E-state index in [0.717, 1.165) is 21.9 Å². The van der Waals surface area contributed by atoms with Gasteiger partial charge in [0.15, 0.2) is 0 Å². The van der Waals surface area contributed by atoms with Crippen LogP contribution < -0.4 is 10.2 Å². The van der Waals surface area contributed by atoms with Gasteiger partial charge in [-0.3, -0.25) is 0 Å². The van der Waals surface area contributed by atoms with E-state index >= 15 is 0 Å². The monoisotopic (exact) mass is 354 g/mol. The molecule has 112 valence electrons. The third-order valence-corrected chi connectivity index (χ3v) is 3.69. The molecule has 0 heterocycles. The third-order valence-electron chi connectivity index (χ3n) is 3.20. The Kier molecular flexibility index (Phi) is 4.83. The van der Waals surface area contributed by atoms with Crippen LogP contribution in [-0.4, -0.2) is 14.1 Å². The Labute approximate surface area is 131 Å². The van der Waals surface area contributed by atoms with E-state index in [9.17, 15) is 8.78 Å². The largest absolute Gasteiger partial charge is 0.377 e. The van der Waals surface area contributed by atoms with Gasteiger partial charge in [0, 0.05) is 30.7 Å². The van der Waals surface area contributed by atoms with Crippen molar-refractivity contribution in [2.75, 3.05) is 24.3 Å². The van der Waals surface area contributed by atoms with Crippen molar-refractivity contribution in [2.24, 2.45) is 0 Å². The summed E-state index contributed by atoms with van der Waals surface area (Å²) in [4.78, 5) is 1.98. The average molecular weight is 355 g/mol. The van der Waals surface area contributed by atoms with E-state index in [1.54, 1.807) is 0 Å². The van der Waals surface area contributed by atoms with E-state index in [-0.39, 0.29) is 6.04 Å². The van der Waals surface area contributed by atoms with Gasteiger partial charge in [0.25, 0.3) is 0 Å². The molecule has 1 atom stereocenters. The Morgan fingerprint density at radius 2 is 1.67 bits per heavy atom. The second-order valence-electron chi connectivity index (χ2n) is 5.12. The Bertz CT molecular complexity index is 624. The summed E-state index contributed by atoms with van der Waals surface area (Å²) in [6.45, 7) is 1.87. The number of benzene rings is 2. The smallest absolute Gasteiger partial charge is 0.126 e. The lowest BCUT2D eigenvalue weighted by molar-refractivity contribution is 0.577. The maximum Gasteiger partial charge on any atom is 0.126 e. The molecule has 0 aliphatic heterocycles. The zero-order valence-electron chi connectivity index (χ0n) is 12.1. The highest BCUT2D eigenvalue weighted by Crippen LogP contribution is 2.31. The first-order chi connectivity index (χ1) is 9.86. The number of nitrogens with one attached hydrogen (secondary N) is 1. The summed E-state index contributed by atoms with van der Waals surface area (Å²) in [5.74, 6) is -1.14. The van der Waals surface area contributed by atoms with Gasteiger partial charge >= 0.3 is 0 Å². The maximum atomic E-state index is 13.3. The van der Waals surface area contributed by atoms with Crippen molar-refractivity contribution in [3.63, 3.8) is 0 Å². The van der Waals surface area contributed by atoms with Gasteiger partial charge in [-0.1, -0.05) is 15.9 Å². The predicted octanol–water partition coefficient (Wildman–Crippen LogP) is 4.97. The minimum atomic E-state index is -0.569. The fourth-order valence-corrected chi connectivity index (χ4v) is 2.52. The van der Waals surface area contributed by atoms with Crippen molar-refractivity contribution in [2.45, 2.75) is 13.0 Å². The van der Waals surface area contributed by atoms with Crippen LogP contribution in [-0.2, 0) is 0 Å². The molecule has 1 N–H and O–H groups in total. The van der Waals surface area contributed by atoms with Gasteiger partial charge in [-0.15, -0.1) is 0 Å². The molecule has 2 nitrogen and oxygen atoms in total. The van der Waals surface area contributed by atoms with E-state index in [1.807, 2.05) is 44.1 Å². The number of nitrogens with zero attached hydrogens (tertiary/aromatic N) is 1. The van der Waals surface area contributed by atoms with Crippen LogP contribution in [0.5, 0.6) is 0 Å². The molecule has 5 heteroatoms. The standard InChI is InChI=1S/C16H17BrF2N2/c1-10(11-6-13(18)9-14(19)7-11)20-15-8-12(17)4-5-16(15)21(2)3/h4-10,20H,1-3H3. The topological polar surface area (TPSA) is 15.3 Å². The Morgan fingerprint density at radius 3 is 2.24 bits per heavy atom. The van der Waals surface area contributed by atoms with Crippen molar-refractivity contribution in [3.05, 3.63) is 58.1 Å². The predicted molar refractivity (Wildman–Crippen MR) is 86.9 cm³/mol. The molecule has 21 heavy (non-hydrogen) atoms. The molecule has 1 unspecified atom stereocenters. The molecule has 2 aromatic rings. The van der Waals surface area contributed by atoms with Gasteiger partial charge < -0.3 is 10.2 Å². The highest BCUT2D eigenvalue weighted by molar-refractivity contribution is 9.10. The molecule has 0 aliphatic rings. The minimum absolute atomic E-state index is 0.219. The van der Waals surface area contributed by atoms with Crippen LogP contribution >= 0.6 is 15.9 Å². The van der Waals surface area contributed by atoms with Crippen LogP contribution in [0.1, 0.15) is 18.5 Å². The van der Waals surface area contributed by atoms with Crippen LogP contribution in [0.15, 0.2) is 40.9 Å². The third kappa shape index (κ3) is 3.94. The second-order valence-corrected chi connectivity index (χ2v) is 6.04. The van der Waals surface area contributed by atoms with Crippen molar-refractivity contribution in [1.82, 2.24) is 0 Å². The van der Waals surface area contributed by atoms with Gasteiger partial charge in [-0.25, -0.2) is 8.78 Å². The molecule has 0 saturated heterocycles. The van der Waals surface area contributed by atoms with Crippen LogP contribution in [0, 0.1) is 11.6 Å². The summed E-state index contributed by atoms with van der Waals surface area (Å²) in [6.07, 6.45) is 0. The number of hydrogen-bond acceptors (Lipinski definition) is 2. The first-order valence-electron chi connectivity index (χ1n) is 6.56. The second kappa shape index (κ2) is 6.43. The number of anilines is 2. The molecule has 0 radical (unpaired) electrons. The van der Waals surface area contributed by atoms with Gasteiger partial charge in [-0.2, -0.15) is 0 Å². The van der Waals surface area contributed by atoms with Crippen LogP contribution in [0.2, 0.25) is 0 Å². The summed E-state index contributed by atoms with van der Waals surface area (Å²) in [5, 5.41) is 3.30. The molecule has 2 aromatic carbocycles. The highest BCUT2D eigenvalue weighted by atomic mass is 79.9. The molecule has 0 aliphatic carbocycles. The van der Waals surface area contributed by atoms with Crippen molar-refractivity contribution >= 4 is 27.3 Å². The van der Waals surface area contributed by atoms with Crippen molar-refractivity contribution in [3.8, 4) is 0 Å². The van der Waals surface area contributed by atoms with Gasteiger partial charge in [0.1, 0.15) is 11.6 Å². The molecule has 0 bridgehead atoms. The van der Waals surface area contributed by atoms with Gasteiger partial charge in [0.2, 0.25) is 0 Å². The highest BCUT2D eigenvalue weighted by Gasteiger charge is 2.12. The van der Waals surface area contributed by atoms with E-state index in [1.165, 1.54) is 12.1 Å². The summed E-state index contributed by atoms with van der Waals surface area (Å²) < 4.78 is 27.6. The number of halogens is 3. The molecule has 0 aromatic heterocycles. The summed E-state index contributed by atoms with van der Waals surface area (Å²) in [6, 6.07) is 9.21. The zero-order valence-corrected chi connectivity index (χ0v) is 13.7. The van der Waals surface area contributed by atoms with Gasteiger partial charge in [-0.05, 0) is 42.8 Å². The molecule has 0 amide bonds. The summed E-state index contributed by atoms with van der Waals surface area (Å²) >= 11 is 3.44. The number of hydrogen-bond donors (Lipinski definition) is 1. The fraction of sp³-hybridized carbons (Fsp3) is 0.250. The minimum Gasteiger partial charge on any atom is -0.377 e. The lowest BCUT2D eigenvalue weighted by Crippen LogP contribution is -2.14. The van der Waals surface area contributed by atoms with Crippen molar-refractivity contribution < 1.29 is 8.78 Å². The molecule has 0 spiro atoms. The summed E-state index contributed by atoms with van der Waals surface area (Å²) in [5.41, 5.74) is 2.46. The molecule has 2 rings (SSSR count). The SMILES string of the molecule is CC(Nc1cc(Br)ccc1N(C)C)c1cc(F)cc(F)c1. The molecule has 0 saturated carbocycles. The first-order valence-corrected chi connectivity index (χ1v) is 7.35. The fourth-order valence-electron chi connectivity index (χ4n) is 2.16. The Hall–Kier alpha value is -1.62. The lowest BCUT2D eigenvalue weighted by Gasteiger charge is -2.22. The van der Waals surface area contributed by atoms with Crippen LogP contribution in [0.4, 0.5) is 20.2 Å².